The average molecular weight is 514 g/mol. The SMILES string of the molecule is CCCn1nnc(-c2ccc(-c3ccc(N4C[C@@H](C(O)F)OC4=O)cc3F)cn2)n1.O=P(O)(O)O. The van der Waals surface area contributed by atoms with Gasteiger partial charge in [0.2, 0.25) is 12.2 Å². The van der Waals surface area contributed by atoms with Crippen LogP contribution in [0.1, 0.15) is 13.3 Å². The molecule has 1 aromatic carbocycles. The number of aromatic nitrogens is 5. The van der Waals surface area contributed by atoms with Crippen LogP contribution in [0.15, 0.2) is 36.5 Å². The van der Waals surface area contributed by atoms with Gasteiger partial charge in [-0.3, -0.25) is 9.88 Å². The molecule has 0 spiro atoms. The smallest absolute Gasteiger partial charge is 0.438 e. The van der Waals surface area contributed by atoms with Crippen LogP contribution in [0.2, 0.25) is 0 Å². The van der Waals surface area contributed by atoms with Gasteiger partial charge in [-0.2, -0.15) is 4.80 Å². The molecule has 2 atom stereocenters. The minimum Gasteiger partial charge on any atom is -0.438 e. The first-order valence-corrected chi connectivity index (χ1v) is 11.7. The van der Waals surface area contributed by atoms with Crippen molar-refractivity contribution in [2.24, 2.45) is 0 Å². The Morgan fingerprint density at radius 2 is 1.97 bits per heavy atom. The van der Waals surface area contributed by atoms with Crippen molar-refractivity contribution in [3.05, 3.63) is 42.3 Å². The maximum Gasteiger partial charge on any atom is 0.466 e. The Kier molecular flexibility index (Phi) is 8.19. The number of hydrogen-bond donors (Lipinski definition) is 4. The first-order valence-electron chi connectivity index (χ1n) is 10.1. The van der Waals surface area contributed by atoms with E-state index in [0.717, 1.165) is 17.4 Å². The van der Waals surface area contributed by atoms with Crippen LogP contribution < -0.4 is 4.90 Å². The monoisotopic (exact) mass is 514 g/mol. The number of tetrazole rings is 1. The third-order valence-electron chi connectivity index (χ3n) is 4.59. The lowest BCUT2D eigenvalue weighted by Crippen LogP contribution is -2.28. The van der Waals surface area contributed by atoms with Gasteiger partial charge in [0.25, 0.3) is 0 Å². The van der Waals surface area contributed by atoms with E-state index in [2.05, 4.69) is 20.4 Å². The molecule has 2 aromatic heterocycles. The van der Waals surface area contributed by atoms with Gasteiger partial charge in [0, 0.05) is 17.3 Å². The summed E-state index contributed by atoms with van der Waals surface area (Å²) in [5.41, 5.74) is 1.50. The van der Waals surface area contributed by atoms with E-state index in [0.29, 0.717) is 23.6 Å². The lowest BCUT2D eigenvalue weighted by molar-refractivity contribution is -0.0503. The minimum atomic E-state index is -4.64. The number of ether oxygens (including phenoxy) is 1. The molecule has 4 rings (SSSR count). The van der Waals surface area contributed by atoms with Crippen molar-refractivity contribution in [3.8, 4) is 22.6 Å². The third-order valence-corrected chi connectivity index (χ3v) is 4.59. The number of carbonyl (C=O) groups excluding carboxylic acids is 1. The van der Waals surface area contributed by atoms with E-state index in [4.69, 9.17) is 29.1 Å². The molecular formula is C19H21F2N6O7P. The van der Waals surface area contributed by atoms with E-state index in [9.17, 15) is 13.6 Å². The number of halogens is 2. The van der Waals surface area contributed by atoms with Crippen LogP contribution in [0.3, 0.4) is 0 Å². The van der Waals surface area contributed by atoms with Crippen molar-refractivity contribution in [2.45, 2.75) is 32.4 Å². The number of phosphoric acid groups is 1. The molecule has 0 saturated carbocycles. The van der Waals surface area contributed by atoms with Gasteiger partial charge in [-0.25, -0.2) is 18.1 Å². The number of nitrogens with zero attached hydrogens (tertiary/aromatic N) is 6. The molecule has 1 aliphatic heterocycles. The van der Waals surface area contributed by atoms with Crippen molar-refractivity contribution in [2.75, 3.05) is 11.4 Å². The van der Waals surface area contributed by atoms with Gasteiger partial charge in [0.05, 0.1) is 18.8 Å². The molecule has 188 valence electrons. The number of pyridine rings is 1. The molecular weight excluding hydrogens is 493 g/mol. The normalized spacial score (nSPS) is 16.5. The lowest BCUT2D eigenvalue weighted by Gasteiger charge is -2.14. The number of anilines is 1. The summed E-state index contributed by atoms with van der Waals surface area (Å²) in [7, 11) is -4.64. The van der Waals surface area contributed by atoms with Crippen molar-refractivity contribution < 1.29 is 42.7 Å². The highest BCUT2D eigenvalue weighted by molar-refractivity contribution is 7.45. The Balaban J connectivity index is 0.000000623. The molecule has 0 aliphatic carbocycles. The first-order chi connectivity index (χ1) is 16.5. The Morgan fingerprint density at radius 1 is 1.26 bits per heavy atom. The van der Waals surface area contributed by atoms with Gasteiger partial charge >= 0.3 is 13.9 Å². The summed E-state index contributed by atoms with van der Waals surface area (Å²) in [6, 6.07) is 7.50. The number of hydrogen-bond acceptors (Lipinski definition) is 8. The lowest BCUT2D eigenvalue weighted by atomic mass is 10.1. The molecule has 3 heterocycles. The maximum absolute atomic E-state index is 14.7. The second-order valence-electron chi connectivity index (χ2n) is 7.22. The zero-order chi connectivity index (χ0) is 25.8. The van der Waals surface area contributed by atoms with Crippen LogP contribution in [-0.4, -0.2) is 70.1 Å². The van der Waals surface area contributed by atoms with Crippen LogP contribution >= 0.6 is 7.82 Å². The largest absolute Gasteiger partial charge is 0.466 e. The Morgan fingerprint density at radius 3 is 2.51 bits per heavy atom. The highest BCUT2D eigenvalue weighted by Crippen LogP contribution is 2.30. The van der Waals surface area contributed by atoms with Gasteiger partial charge in [-0.1, -0.05) is 13.0 Å². The topological polar surface area (TPSA) is 184 Å². The number of benzene rings is 1. The Hall–Kier alpha value is -3.36. The fourth-order valence-electron chi connectivity index (χ4n) is 3.07. The molecule has 1 unspecified atom stereocenters. The molecule has 1 saturated heterocycles. The predicted octanol–water partition coefficient (Wildman–Crippen LogP) is 1.64. The number of aryl methyl sites for hydroxylation is 1. The summed E-state index contributed by atoms with van der Waals surface area (Å²) < 4.78 is 41.3. The summed E-state index contributed by atoms with van der Waals surface area (Å²) in [5, 5.41) is 21.1. The summed E-state index contributed by atoms with van der Waals surface area (Å²) in [6.07, 6.45) is -2.08. The molecule has 13 nitrogen and oxygen atoms in total. The average Bonchev–Trinajstić information content (AvgIpc) is 3.40. The fourth-order valence-corrected chi connectivity index (χ4v) is 3.07. The number of rotatable bonds is 6. The summed E-state index contributed by atoms with van der Waals surface area (Å²) >= 11 is 0. The highest BCUT2D eigenvalue weighted by atomic mass is 31.2. The summed E-state index contributed by atoms with van der Waals surface area (Å²) in [5.74, 6) is -0.214. The van der Waals surface area contributed by atoms with E-state index in [1.54, 1.807) is 12.1 Å². The summed E-state index contributed by atoms with van der Waals surface area (Å²) in [6.45, 7) is 2.45. The maximum atomic E-state index is 14.7. The zero-order valence-electron chi connectivity index (χ0n) is 18.1. The van der Waals surface area contributed by atoms with Crippen molar-refractivity contribution in [1.82, 2.24) is 25.2 Å². The molecule has 3 aromatic rings. The van der Waals surface area contributed by atoms with E-state index < -0.39 is 32.2 Å². The predicted molar refractivity (Wildman–Crippen MR) is 116 cm³/mol. The van der Waals surface area contributed by atoms with E-state index >= 15 is 0 Å². The molecule has 4 N–H and O–H groups in total. The fraction of sp³-hybridized carbons (Fsp3) is 0.316. The number of cyclic esters (lactones) is 1. The van der Waals surface area contributed by atoms with Crippen LogP contribution in [0.5, 0.6) is 0 Å². The molecule has 0 bridgehead atoms. The van der Waals surface area contributed by atoms with E-state index in [1.165, 1.54) is 23.1 Å². The van der Waals surface area contributed by atoms with Gasteiger partial charge in [-0.05, 0) is 35.9 Å². The Labute approximate surface area is 196 Å². The number of alkyl halides is 1. The third kappa shape index (κ3) is 7.07. The van der Waals surface area contributed by atoms with Crippen LogP contribution in [0.4, 0.5) is 19.3 Å². The summed E-state index contributed by atoms with van der Waals surface area (Å²) in [4.78, 5) is 40.2. The standard InChI is InChI=1S/C19H18F2N6O3.H3O4P/c1-2-7-27-24-18(23-25-27)15-6-3-11(9-22-15)13-5-4-12(8-14(13)20)26-10-16(17(21)28)30-19(26)29;1-5(2,3)4/h3-6,8-9,16-17,28H,2,7,10H2,1H3;(H3,1,2,3,4)/t16-,17?;/m0./s1. The number of carbonyl (C=O) groups is 1. The van der Waals surface area contributed by atoms with Gasteiger partial charge in [0.1, 0.15) is 11.5 Å². The second-order valence-corrected chi connectivity index (χ2v) is 8.25. The minimum absolute atomic E-state index is 0.200. The van der Waals surface area contributed by atoms with Gasteiger partial charge < -0.3 is 24.5 Å². The van der Waals surface area contributed by atoms with E-state index in [1.807, 2.05) is 6.92 Å². The van der Waals surface area contributed by atoms with Crippen molar-refractivity contribution in [3.63, 3.8) is 0 Å². The number of amides is 1. The zero-order valence-corrected chi connectivity index (χ0v) is 19.0. The quantitative estimate of drug-likeness (QED) is 0.351. The molecule has 1 fully saturated rings. The number of aliphatic hydroxyl groups is 1. The number of aliphatic hydroxyl groups excluding tert-OH is 1. The van der Waals surface area contributed by atoms with Crippen LogP contribution in [0.25, 0.3) is 22.6 Å². The highest BCUT2D eigenvalue weighted by Gasteiger charge is 2.37. The molecule has 1 amide bonds. The van der Waals surface area contributed by atoms with E-state index in [-0.39, 0.29) is 17.8 Å². The molecule has 0 radical (unpaired) electrons. The van der Waals surface area contributed by atoms with Crippen molar-refractivity contribution in [1.29, 1.82) is 0 Å². The molecule has 35 heavy (non-hydrogen) atoms. The van der Waals surface area contributed by atoms with Crippen LogP contribution in [0, 0.1) is 5.82 Å². The molecule has 1 aliphatic rings. The Bertz CT molecular complexity index is 1210. The molecule has 16 heteroatoms. The first kappa shape index (κ1) is 26.2. The van der Waals surface area contributed by atoms with Gasteiger partial charge in [0.15, 0.2) is 6.10 Å². The van der Waals surface area contributed by atoms with Crippen LogP contribution in [-0.2, 0) is 15.8 Å². The van der Waals surface area contributed by atoms with Gasteiger partial charge in [-0.15, -0.1) is 10.2 Å². The van der Waals surface area contributed by atoms with Crippen molar-refractivity contribution >= 4 is 19.6 Å². The second kappa shape index (κ2) is 10.9.